The van der Waals surface area contributed by atoms with Crippen molar-refractivity contribution in [2.45, 2.75) is 18.0 Å². The first kappa shape index (κ1) is 26.2. The van der Waals surface area contributed by atoms with E-state index in [1.807, 2.05) is 52.8 Å². The summed E-state index contributed by atoms with van der Waals surface area (Å²) in [6, 6.07) is 20.3. The summed E-state index contributed by atoms with van der Waals surface area (Å²) in [7, 11) is 4.55. The van der Waals surface area contributed by atoms with Crippen LogP contribution in [-0.2, 0) is 0 Å². The van der Waals surface area contributed by atoms with E-state index in [4.69, 9.17) is 14.2 Å². The van der Waals surface area contributed by atoms with Gasteiger partial charge in [0, 0.05) is 22.7 Å². The van der Waals surface area contributed by atoms with Gasteiger partial charge >= 0.3 is 0 Å². The van der Waals surface area contributed by atoms with Crippen LogP contribution in [0.2, 0.25) is 0 Å². The van der Waals surface area contributed by atoms with Crippen molar-refractivity contribution in [3.8, 4) is 17.2 Å². The number of carbonyl (C=O) groups is 3. The minimum absolute atomic E-state index is 0.160. The molecule has 4 aromatic rings. The number of anilines is 1. The number of nitrogens with zero attached hydrogens (tertiary/aromatic N) is 1. The van der Waals surface area contributed by atoms with E-state index in [1.165, 1.54) is 32.7 Å². The van der Waals surface area contributed by atoms with Crippen molar-refractivity contribution < 1.29 is 28.6 Å². The molecule has 3 heterocycles. The number of hydrogen-bond donors (Lipinski definition) is 0. The Morgan fingerprint density at radius 1 is 0.833 bits per heavy atom. The van der Waals surface area contributed by atoms with Crippen LogP contribution in [0.15, 0.2) is 84.3 Å². The lowest BCUT2D eigenvalue weighted by atomic mass is 9.64. The van der Waals surface area contributed by atoms with E-state index >= 15 is 0 Å². The summed E-state index contributed by atoms with van der Waals surface area (Å²) < 4.78 is 17.0. The number of methoxy groups -OCH3 is 3. The largest absolute Gasteiger partial charge is 0.493 e. The molecular formula is C34H27NO6S. The van der Waals surface area contributed by atoms with E-state index < -0.39 is 23.4 Å². The molecule has 1 aromatic heterocycles. The van der Waals surface area contributed by atoms with Crippen molar-refractivity contribution in [1.29, 1.82) is 0 Å². The molecule has 1 fully saturated rings. The summed E-state index contributed by atoms with van der Waals surface area (Å²) >= 11 is 1.34. The highest BCUT2D eigenvalue weighted by atomic mass is 32.1. The van der Waals surface area contributed by atoms with Gasteiger partial charge in [0.25, 0.3) is 0 Å². The second-order valence-electron chi connectivity index (χ2n) is 10.6. The van der Waals surface area contributed by atoms with Crippen LogP contribution in [0.5, 0.6) is 17.2 Å². The van der Waals surface area contributed by atoms with Crippen molar-refractivity contribution in [3.63, 3.8) is 0 Å². The average molecular weight is 578 g/mol. The molecule has 210 valence electrons. The first-order valence-corrected chi connectivity index (χ1v) is 14.5. The number of rotatable bonds is 6. The molecule has 1 aliphatic carbocycles. The normalized spacial score (nSPS) is 21.2. The Hall–Kier alpha value is -4.69. The predicted octanol–water partition coefficient (Wildman–Crippen LogP) is 6.09. The van der Waals surface area contributed by atoms with Crippen LogP contribution in [0, 0.1) is 5.41 Å². The maximum absolute atomic E-state index is 14.8. The van der Waals surface area contributed by atoms with E-state index in [0.29, 0.717) is 38.8 Å². The maximum Gasteiger partial charge on any atom is 0.203 e. The van der Waals surface area contributed by atoms with E-state index in [9.17, 15) is 14.4 Å². The van der Waals surface area contributed by atoms with Crippen molar-refractivity contribution in [2.24, 2.45) is 5.41 Å². The number of Topliss-reactive ketones (excluding diaryl/α,β-unsaturated/α-hetero) is 3. The molecule has 1 spiro atoms. The van der Waals surface area contributed by atoms with Gasteiger partial charge in [-0.25, -0.2) is 0 Å². The van der Waals surface area contributed by atoms with E-state index in [0.717, 1.165) is 11.3 Å². The fourth-order valence-electron chi connectivity index (χ4n) is 7.14. The van der Waals surface area contributed by atoms with Gasteiger partial charge in [-0.05, 0) is 40.8 Å². The number of hydrogen-bond acceptors (Lipinski definition) is 8. The number of ketones is 3. The fraction of sp³-hybridized carbons (Fsp3) is 0.206. The van der Waals surface area contributed by atoms with Crippen LogP contribution in [0.1, 0.15) is 47.4 Å². The summed E-state index contributed by atoms with van der Waals surface area (Å²) in [5.41, 5.74) is 1.41. The highest BCUT2D eigenvalue weighted by Crippen LogP contribution is 2.62. The number of para-hydroxylation sites is 1. The third kappa shape index (κ3) is 3.35. The van der Waals surface area contributed by atoms with E-state index in [1.54, 1.807) is 42.5 Å². The molecule has 0 amide bonds. The Morgan fingerprint density at radius 3 is 2.07 bits per heavy atom. The molecule has 3 aromatic carbocycles. The summed E-state index contributed by atoms with van der Waals surface area (Å²) in [6.07, 6.45) is 3.86. The lowest BCUT2D eigenvalue weighted by Gasteiger charge is -2.37. The third-order valence-electron chi connectivity index (χ3n) is 8.79. The summed E-state index contributed by atoms with van der Waals surface area (Å²) in [5.74, 6) is -0.487. The van der Waals surface area contributed by atoms with Gasteiger partial charge in [0.2, 0.25) is 5.75 Å². The molecule has 3 aliphatic rings. The molecule has 3 atom stereocenters. The Morgan fingerprint density at radius 2 is 1.48 bits per heavy atom. The third-order valence-corrected chi connectivity index (χ3v) is 9.68. The van der Waals surface area contributed by atoms with Gasteiger partial charge in [0.05, 0.1) is 32.2 Å². The minimum atomic E-state index is -1.62. The Labute approximate surface area is 247 Å². The van der Waals surface area contributed by atoms with Crippen molar-refractivity contribution in [2.75, 3.05) is 26.2 Å². The van der Waals surface area contributed by atoms with Crippen LogP contribution in [0.3, 0.4) is 0 Å². The van der Waals surface area contributed by atoms with Gasteiger partial charge in [-0.2, -0.15) is 0 Å². The fourth-order valence-corrected chi connectivity index (χ4v) is 7.83. The Balaban J connectivity index is 1.58. The first-order valence-electron chi connectivity index (χ1n) is 13.6. The molecule has 42 heavy (non-hydrogen) atoms. The second-order valence-corrected chi connectivity index (χ2v) is 11.5. The van der Waals surface area contributed by atoms with E-state index in [-0.39, 0.29) is 17.3 Å². The molecule has 1 saturated heterocycles. The second kappa shape index (κ2) is 9.70. The molecular weight excluding hydrogens is 550 g/mol. The van der Waals surface area contributed by atoms with Gasteiger partial charge in [-0.15, -0.1) is 11.3 Å². The monoisotopic (exact) mass is 577 g/mol. The molecule has 7 rings (SSSR count). The van der Waals surface area contributed by atoms with Crippen LogP contribution < -0.4 is 19.1 Å². The van der Waals surface area contributed by atoms with Gasteiger partial charge < -0.3 is 19.1 Å². The summed E-state index contributed by atoms with van der Waals surface area (Å²) in [4.78, 5) is 46.8. The molecule has 0 saturated carbocycles. The predicted molar refractivity (Wildman–Crippen MR) is 161 cm³/mol. The van der Waals surface area contributed by atoms with Gasteiger partial charge in [0.1, 0.15) is 11.5 Å². The van der Waals surface area contributed by atoms with Crippen molar-refractivity contribution in [3.05, 3.63) is 111 Å². The zero-order valence-corrected chi connectivity index (χ0v) is 24.0. The minimum Gasteiger partial charge on any atom is -0.493 e. The zero-order valence-electron chi connectivity index (χ0n) is 23.2. The van der Waals surface area contributed by atoms with Gasteiger partial charge in [0.15, 0.2) is 28.8 Å². The smallest absolute Gasteiger partial charge is 0.203 e. The SMILES string of the molecule is COc1cc([C@H]2[C@@H](C(=O)c3cccs3)N3c4ccccc4C=C[C@@H]3C23C(=O)c2ccccc2C3=O)cc(OC)c1OC. The average Bonchev–Trinajstić information content (AvgIpc) is 3.73. The highest BCUT2D eigenvalue weighted by molar-refractivity contribution is 7.12. The first-order chi connectivity index (χ1) is 20.5. The molecule has 8 heteroatoms. The number of ether oxygens (including phenoxy) is 3. The molecule has 0 radical (unpaired) electrons. The van der Waals surface area contributed by atoms with Crippen molar-refractivity contribution in [1.82, 2.24) is 0 Å². The van der Waals surface area contributed by atoms with Crippen LogP contribution >= 0.6 is 11.3 Å². The van der Waals surface area contributed by atoms with Crippen LogP contribution in [0.4, 0.5) is 5.69 Å². The maximum atomic E-state index is 14.8. The molecule has 2 aliphatic heterocycles. The van der Waals surface area contributed by atoms with Crippen molar-refractivity contribution >= 4 is 40.4 Å². The number of carbonyl (C=O) groups excluding carboxylic acids is 3. The zero-order chi connectivity index (χ0) is 29.2. The van der Waals surface area contributed by atoms with Gasteiger partial charge in [-0.1, -0.05) is 60.7 Å². The number of thiophene rings is 1. The van der Waals surface area contributed by atoms with Crippen LogP contribution in [0.25, 0.3) is 6.08 Å². The molecule has 0 unspecified atom stereocenters. The quantitative estimate of drug-likeness (QED) is 0.203. The lowest BCUT2D eigenvalue weighted by Crippen LogP contribution is -2.48. The number of benzene rings is 3. The lowest BCUT2D eigenvalue weighted by molar-refractivity contribution is 0.0665. The Bertz CT molecular complexity index is 1730. The molecule has 0 N–H and O–H groups in total. The Kier molecular flexibility index (Phi) is 6.06. The highest BCUT2D eigenvalue weighted by Gasteiger charge is 2.71. The summed E-state index contributed by atoms with van der Waals surface area (Å²) in [5, 5.41) is 1.86. The topological polar surface area (TPSA) is 82.1 Å². The summed E-state index contributed by atoms with van der Waals surface area (Å²) in [6.45, 7) is 0. The van der Waals surface area contributed by atoms with Crippen LogP contribution in [-0.4, -0.2) is 50.8 Å². The molecule has 0 bridgehead atoms. The molecule has 7 nitrogen and oxygen atoms in total. The number of fused-ring (bicyclic) bond motifs is 5. The van der Waals surface area contributed by atoms with E-state index in [2.05, 4.69) is 0 Å². The standard InChI is InChI=1S/C34H27NO6S/c1-39-24-17-20(18-25(40-2)31(24)41-3)28-29(30(36)26-13-8-16-42-26)35-23-12-7-4-9-19(23)14-15-27(35)34(28)32(37)21-10-5-6-11-22(21)33(34)38/h4-18,27-29H,1-3H3/t27-,28+,29+/m1/s1. The van der Waals surface area contributed by atoms with Gasteiger partial charge in [-0.3, -0.25) is 14.4 Å².